The summed E-state index contributed by atoms with van der Waals surface area (Å²) in [6.07, 6.45) is 4.54. The van der Waals surface area contributed by atoms with Crippen LogP contribution in [-0.4, -0.2) is 48.4 Å². The molecule has 100 valence electrons. The van der Waals surface area contributed by atoms with Crippen LogP contribution in [0.4, 0.5) is 0 Å². The van der Waals surface area contributed by atoms with Crippen molar-refractivity contribution in [1.29, 1.82) is 5.26 Å². The van der Waals surface area contributed by atoms with E-state index in [-0.39, 0.29) is 11.9 Å². The summed E-state index contributed by atoms with van der Waals surface area (Å²) in [5, 5.41) is 9.42. The molecule has 0 aromatic heterocycles. The lowest BCUT2D eigenvalue weighted by molar-refractivity contribution is -0.140. The molecule has 1 saturated carbocycles. The standard InChI is InChI=1S/C14H23N3O/c1-12-10-16(2)8-5-9-17(12)13(18)14(11-15)6-3-4-7-14/h12H,3-10H2,1-2H3. The quantitative estimate of drug-likeness (QED) is 0.709. The fraction of sp³-hybridized carbons (Fsp3) is 0.857. The molecule has 1 aliphatic carbocycles. The van der Waals surface area contributed by atoms with E-state index in [2.05, 4.69) is 24.9 Å². The summed E-state index contributed by atoms with van der Waals surface area (Å²) in [7, 11) is 2.10. The molecular formula is C14H23N3O. The number of nitrogens with zero attached hydrogens (tertiary/aromatic N) is 3. The molecule has 0 aromatic rings. The topological polar surface area (TPSA) is 47.3 Å². The van der Waals surface area contributed by atoms with Gasteiger partial charge in [0.1, 0.15) is 5.41 Å². The van der Waals surface area contributed by atoms with Gasteiger partial charge in [0.15, 0.2) is 0 Å². The molecule has 4 nitrogen and oxygen atoms in total. The maximum Gasteiger partial charge on any atom is 0.243 e. The molecule has 4 heteroatoms. The highest BCUT2D eigenvalue weighted by molar-refractivity contribution is 5.86. The number of hydrogen-bond acceptors (Lipinski definition) is 3. The third-order valence-electron chi connectivity index (χ3n) is 4.39. The minimum Gasteiger partial charge on any atom is -0.337 e. The Morgan fingerprint density at radius 2 is 1.94 bits per heavy atom. The van der Waals surface area contributed by atoms with E-state index in [4.69, 9.17) is 0 Å². The van der Waals surface area contributed by atoms with Gasteiger partial charge in [0.05, 0.1) is 6.07 Å². The number of rotatable bonds is 1. The predicted octanol–water partition coefficient (Wildman–Crippen LogP) is 1.62. The lowest BCUT2D eigenvalue weighted by Crippen LogP contribution is -2.48. The highest BCUT2D eigenvalue weighted by atomic mass is 16.2. The Hall–Kier alpha value is -1.08. The number of nitriles is 1. The van der Waals surface area contributed by atoms with Crippen molar-refractivity contribution in [1.82, 2.24) is 9.80 Å². The molecule has 0 aromatic carbocycles. The Labute approximate surface area is 110 Å². The van der Waals surface area contributed by atoms with Crippen LogP contribution in [0.25, 0.3) is 0 Å². The van der Waals surface area contributed by atoms with E-state index in [0.717, 1.165) is 51.7 Å². The van der Waals surface area contributed by atoms with Crippen molar-refractivity contribution in [2.24, 2.45) is 5.41 Å². The van der Waals surface area contributed by atoms with E-state index in [0.29, 0.717) is 0 Å². The summed E-state index contributed by atoms with van der Waals surface area (Å²) < 4.78 is 0. The molecule has 0 radical (unpaired) electrons. The van der Waals surface area contributed by atoms with Gasteiger partial charge in [-0.1, -0.05) is 12.8 Å². The normalized spacial score (nSPS) is 28.7. The molecule has 1 heterocycles. The van der Waals surface area contributed by atoms with Crippen LogP contribution >= 0.6 is 0 Å². The first-order valence-electron chi connectivity index (χ1n) is 7.00. The van der Waals surface area contributed by atoms with Gasteiger partial charge in [-0.05, 0) is 39.8 Å². The van der Waals surface area contributed by atoms with Gasteiger partial charge in [-0.2, -0.15) is 5.26 Å². The molecule has 1 aliphatic heterocycles. The monoisotopic (exact) mass is 249 g/mol. The van der Waals surface area contributed by atoms with Gasteiger partial charge in [-0.25, -0.2) is 0 Å². The van der Waals surface area contributed by atoms with Crippen LogP contribution < -0.4 is 0 Å². The molecule has 2 aliphatic rings. The van der Waals surface area contributed by atoms with Crippen LogP contribution in [0, 0.1) is 16.7 Å². The van der Waals surface area contributed by atoms with Crippen LogP contribution in [0.5, 0.6) is 0 Å². The van der Waals surface area contributed by atoms with Crippen LogP contribution in [0.1, 0.15) is 39.0 Å². The van der Waals surface area contributed by atoms with Crippen molar-refractivity contribution in [3.63, 3.8) is 0 Å². The van der Waals surface area contributed by atoms with Crippen molar-refractivity contribution in [3.8, 4) is 6.07 Å². The first-order valence-corrected chi connectivity index (χ1v) is 7.00. The number of amides is 1. The van der Waals surface area contributed by atoms with Crippen molar-refractivity contribution < 1.29 is 4.79 Å². The summed E-state index contributed by atoms with van der Waals surface area (Å²) in [6.45, 7) is 4.84. The fourth-order valence-corrected chi connectivity index (χ4v) is 3.30. The summed E-state index contributed by atoms with van der Waals surface area (Å²) in [6, 6.07) is 2.54. The molecular weight excluding hydrogens is 226 g/mol. The molecule has 0 bridgehead atoms. The zero-order valence-corrected chi connectivity index (χ0v) is 11.5. The van der Waals surface area contributed by atoms with Gasteiger partial charge in [0, 0.05) is 19.1 Å². The molecule has 1 unspecified atom stereocenters. The van der Waals surface area contributed by atoms with Crippen molar-refractivity contribution in [2.75, 3.05) is 26.7 Å². The van der Waals surface area contributed by atoms with Crippen LogP contribution in [-0.2, 0) is 4.79 Å². The number of likely N-dealkylation sites (N-methyl/N-ethyl adjacent to an activating group) is 1. The summed E-state index contributed by atoms with van der Waals surface area (Å²) in [4.78, 5) is 16.9. The Kier molecular flexibility index (Phi) is 3.91. The summed E-state index contributed by atoms with van der Waals surface area (Å²) in [5.74, 6) is 0.0882. The summed E-state index contributed by atoms with van der Waals surface area (Å²) >= 11 is 0. The van der Waals surface area contributed by atoms with Gasteiger partial charge in [0.2, 0.25) is 5.91 Å². The minimum absolute atomic E-state index is 0.0882. The fourth-order valence-electron chi connectivity index (χ4n) is 3.30. The van der Waals surface area contributed by atoms with Crippen molar-refractivity contribution in [3.05, 3.63) is 0 Å². The smallest absolute Gasteiger partial charge is 0.243 e. The average Bonchev–Trinajstić information content (AvgIpc) is 2.77. The third-order valence-corrected chi connectivity index (χ3v) is 4.39. The first kappa shape index (κ1) is 13.4. The molecule has 0 spiro atoms. The maximum atomic E-state index is 12.7. The zero-order chi connectivity index (χ0) is 13.2. The van der Waals surface area contributed by atoms with Crippen molar-refractivity contribution >= 4 is 5.91 Å². The molecule has 1 saturated heterocycles. The van der Waals surface area contributed by atoms with E-state index >= 15 is 0 Å². The third kappa shape index (κ3) is 2.37. The second kappa shape index (κ2) is 5.27. The lowest BCUT2D eigenvalue weighted by Gasteiger charge is -2.33. The molecule has 1 amide bonds. The lowest BCUT2D eigenvalue weighted by atomic mass is 9.86. The maximum absolute atomic E-state index is 12.7. The largest absolute Gasteiger partial charge is 0.337 e. The van der Waals surface area contributed by atoms with Gasteiger partial charge >= 0.3 is 0 Å². The van der Waals surface area contributed by atoms with E-state index < -0.39 is 5.41 Å². The second-order valence-corrected chi connectivity index (χ2v) is 5.86. The molecule has 18 heavy (non-hydrogen) atoms. The number of hydrogen-bond donors (Lipinski definition) is 0. The van der Waals surface area contributed by atoms with E-state index in [1.54, 1.807) is 0 Å². The first-order chi connectivity index (χ1) is 8.59. The molecule has 2 rings (SSSR count). The SMILES string of the molecule is CC1CN(C)CCCN1C(=O)C1(C#N)CCCC1. The van der Waals surface area contributed by atoms with Crippen LogP contribution in [0.3, 0.4) is 0 Å². The van der Waals surface area contributed by atoms with E-state index in [9.17, 15) is 10.1 Å². The van der Waals surface area contributed by atoms with Gasteiger partial charge < -0.3 is 9.80 Å². The van der Waals surface area contributed by atoms with Crippen LogP contribution in [0.2, 0.25) is 0 Å². The Morgan fingerprint density at radius 1 is 1.28 bits per heavy atom. The highest BCUT2D eigenvalue weighted by Gasteiger charge is 2.45. The Morgan fingerprint density at radius 3 is 2.56 bits per heavy atom. The average molecular weight is 249 g/mol. The van der Waals surface area contributed by atoms with Crippen molar-refractivity contribution in [2.45, 2.75) is 45.1 Å². The molecule has 2 fully saturated rings. The van der Waals surface area contributed by atoms with Crippen LogP contribution in [0.15, 0.2) is 0 Å². The number of carbonyl (C=O) groups excluding carboxylic acids is 1. The van der Waals surface area contributed by atoms with Gasteiger partial charge in [0.25, 0.3) is 0 Å². The Bertz CT molecular complexity index is 355. The number of carbonyl (C=O) groups is 1. The molecule has 0 N–H and O–H groups in total. The minimum atomic E-state index is -0.711. The van der Waals surface area contributed by atoms with Gasteiger partial charge in [-0.3, -0.25) is 4.79 Å². The van der Waals surface area contributed by atoms with E-state index in [1.807, 2.05) is 4.90 Å². The Balaban J connectivity index is 2.14. The zero-order valence-electron chi connectivity index (χ0n) is 11.5. The summed E-state index contributed by atoms with van der Waals surface area (Å²) in [5.41, 5.74) is -0.711. The predicted molar refractivity (Wildman–Crippen MR) is 69.8 cm³/mol. The molecule has 1 atom stereocenters. The van der Waals surface area contributed by atoms with Gasteiger partial charge in [-0.15, -0.1) is 0 Å². The second-order valence-electron chi connectivity index (χ2n) is 5.86. The highest BCUT2D eigenvalue weighted by Crippen LogP contribution is 2.39. The van der Waals surface area contributed by atoms with E-state index in [1.165, 1.54) is 0 Å².